The first kappa shape index (κ1) is 19.5. The van der Waals surface area contributed by atoms with E-state index in [2.05, 4.69) is 108 Å². The quantitative estimate of drug-likeness (QED) is 0.311. The third-order valence-corrected chi connectivity index (χ3v) is 7.91. The molecular formula is C29H20OS2. The van der Waals surface area contributed by atoms with E-state index in [0.29, 0.717) is 0 Å². The van der Waals surface area contributed by atoms with Gasteiger partial charge in [-0.15, -0.1) is 0 Å². The molecule has 0 aliphatic carbocycles. The Morgan fingerprint density at radius 2 is 1.41 bits per heavy atom. The van der Waals surface area contributed by atoms with E-state index in [1.807, 2.05) is 12.1 Å². The van der Waals surface area contributed by atoms with Gasteiger partial charge in [-0.2, -0.15) is 0 Å². The Kier molecular flexibility index (Phi) is 4.94. The van der Waals surface area contributed by atoms with Gasteiger partial charge in [0.25, 0.3) is 0 Å². The fourth-order valence-corrected chi connectivity index (χ4v) is 6.06. The lowest BCUT2D eigenvalue weighted by Gasteiger charge is -2.36. The largest absolute Gasteiger partial charge is 0.473 e. The van der Waals surface area contributed by atoms with Crippen molar-refractivity contribution in [1.82, 2.24) is 0 Å². The van der Waals surface area contributed by atoms with E-state index >= 15 is 0 Å². The lowest BCUT2D eigenvalue weighted by molar-refractivity contribution is 0.161. The van der Waals surface area contributed by atoms with Crippen LogP contribution in [0.4, 0.5) is 0 Å². The average molecular weight is 449 g/mol. The fourth-order valence-electron chi connectivity index (χ4n) is 4.38. The molecule has 0 saturated carbocycles. The maximum Gasteiger partial charge on any atom is 0.178 e. The van der Waals surface area contributed by atoms with Gasteiger partial charge in [0.05, 0.1) is 0 Å². The summed E-state index contributed by atoms with van der Waals surface area (Å²) in [5, 5.41) is 6.68. The summed E-state index contributed by atoms with van der Waals surface area (Å²) in [5.41, 5.74) is 3.96. The Morgan fingerprint density at radius 3 is 2.09 bits per heavy atom. The molecule has 4 aromatic rings. The van der Waals surface area contributed by atoms with Crippen molar-refractivity contribution in [3.05, 3.63) is 134 Å². The van der Waals surface area contributed by atoms with Crippen LogP contribution >= 0.6 is 23.5 Å². The van der Waals surface area contributed by atoms with Crippen LogP contribution in [0.25, 0.3) is 22.9 Å². The summed E-state index contributed by atoms with van der Waals surface area (Å²) in [6, 6.07) is 31.8. The highest BCUT2D eigenvalue weighted by atomic mass is 32.2. The van der Waals surface area contributed by atoms with Crippen LogP contribution in [-0.4, -0.2) is 0 Å². The smallest absolute Gasteiger partial charge is 0.178 e. The third kappa shape index (κ3) is 3.38. The van der Waals surface area contributed by atoms with E-state index in [1.54, 1.807) is 23.5 Å². The summed E-state index contributed by atoms with van der Waals surface area (Å²) in [4.78, 5) is 0. The van der Waals surface area contributed by atoms with Crippen molar-refractivity contribution in [3.63, 3.8) is 0 Å². The molecule has 1 nitrogen and oxygen atoms in total. The molecular weight excluding hydrogens is 428 g/mol. The first-order valence-electron chi connectivity index (χ1n) is 10.6. The van der Waals surface area contributed by atoms with Gasteiger partial charge in [-0.25, -0.2) is 0 Å². The molecule has 0 atom stereocenters. The van der Waals surface area contributed by atoms with Crippen molar-refractivity contribution in [2.45, 2.75) is 5.60 Å². The normalized spacial score (nSPS) is 16.1. The van der Waals surface area contributed by atoms with Crippen molar-refractivity contribution in [3.8, 4) is 5.75 Å². The van der Waals surface area contributed by atoms with E-state index in [4.69, 9.17) is 4.74 Å². The van der Waals surface area contributed by atoms with Crippen LogP contribution in [0.2, 0.25) is 0 Å². The Bertz CT molecular complexity index is 1340. The molecule has 0 unspecified atom stereocenters. The van der Waals surface area contributed by atoms with Crippen molar-refractivity contribution in [2.75, 3.05) is 0 Å². The standard InChI is InChI=1S/C29H20OS2/c1-3-7-23(8-4-1)29(24-9-5-2-6-10-24)16-15-26-25-13-11-21(20-28-31-17-18-32-28)19-22(25)12-14-27(26)30-29/h1-20H. The zero-order valence-electron chi connectivity index (χ0n) is 17.3. The van der Waals surface area contributed by atoms with E-state index in [1.165, 1.54) is 20.6 Å². The summed E-state index contributed by atoms with van der Waals surface area (Å²) in [7, 11) is 0. The van der Waals surface area contributed by atoms with Crippen LogP contribution in [0, 0.1) is 0 Å². The Morgan fingerprint density at radius 1 is 0.719 bits per heavy atom. The Balaban J connectivity index is 1.46. The molecule has 0 amide bonds. The summed E-state index contributed by atoms with van der Waals surface area (Å²) in [6.45, 7) is 0. The molecule has 2 aliphatic heterocycles. The van der Waals surface area contributed by atoms with E-state index in [9.17, 15) is 0 Å². The molecule has 4 aromatic carbocycles. The van der Waals surface area contributed by atoms with E-state index in [-0.39, 0.29) is 0 Å². The number of thioether (sulfide) groups is 2. The molecule has 0 radical (unpaired) electrons. The van der Waals surface area contributed by atoms with Crippen LogP contribution in [0.5, 0.6) is 5.75 Å². The number of hydrogen-bond acceptors (Lipinski definition) is 3. The van der Waals surface area contributed by atoms with Gasteiger partial charge in [-0.05, 0) is 57.5 Å². The second-order valence-corrected chi connectivity index (χ2v) is 9.99. The minimum Gasteiger partial charge on any atom is -0.473 e. The fraction of sp³-hybridized carbons (Fsp3) is 0.0345. The van der Waals surface area contributed by atoms with Gasteiger partial charge >= 0.3 is 0 Å². The Hall–Kier alpha value is -3.14. The van der Waals surface area contributed by atoms with Crippen LogP contribution < -0.4 is 4.74 Å². The second-order valence-electron chi connectivity index (χ2n) is 7.83. The van der Waals surface area contributed by atoms with Gasteiger partial charge in [0.1, 0.15) is 5.75 Å². The highest BCUT2D eigenvalue weighted by molar-refractivity contribution is 8.27. The van der Waals surface area contributed by atoms with Gasteiger partial charge in [0, 0.05) is 20.9 Å². The summed E-state index contributed by atoms with van der Waals surface area (Å²) < 4.78 is 8.13. The van der Waals surface area contributed by atoms with Gasteiger partial charge in [-0.3, -0.25) is 0 Å². The average Bonchev–Trinajstić information content (AvgIpc) is 3.37. The first-order valence-corrected chi connectivity index (χ1v) is 12.3. The lowest BCUT2D eigenvalue weighted by atomic mass is 9.83. The van der Waals surface area contributed by atoms with Crippen LogP contribution in [-0.2, 0) is 5.60 Å². The van der Waals surface area contributed by atoms with Gasteiger partial charge in [0.15, 0.2) is 5.60 Å². The molecule has 0 spiro atoms. The molecule has 2 heterocycles. The maximum atomic E-state index is 6.82. The van der Waals surface area contributed by atoms with E-state index in [0.717, 1.165) is 22.4 Å². The zero-order chi connectivity index (χ0) is 21.4. The minimum absolute atomic E-state index is 0.641. The zero-order valence-corrected chi connectivity index (χ0v) is 18.9. The van der Waals surface area contributed by atoms with Crippen molar-refractivity contribution in [1.29, 1.82) is 0 Å². The predicted octanol–water partition coefficient (Wildman–Crippen LogP) is 8.44. The van der Waals surface area contributed by atoms with Crippen LogP contribution in [0.15, 0.2) is 112 Å². The molecule has 3 heteroatoms. The van der Waals surface area contributed by atoms with Crippen LogP contribution in [0.3, 0.4) is 0 Å². The van der Waals surface area contributed by atoms with Crippen molar-refractivity contribution < 1.29 is 4.74 Å². The summed E-state index contributed by atoms with van der Waals surface area (Å²) in [6.07, 6.45) is 6.68. The topological polar surface area (TPSA) is 9.23 Å². The first-order chi connectivity index (χ1) is 15.8. The number of fused-ring (bicyclic) bond motifs is 3. The van der Waals surface area contributed by atoms with Gasteiger partial charge in [0.2, 0.25) is 0 Å². The van der Waals surface area contributed by atoms with Gasteiger partial charge < -0.3 is 4.74 Å². The maximum absolute atomic E-state index is 6.82. The molecule has 0 saturated heterocycles. The molecule has 32 heavy (non-hydrogen) atoms. The number of rotatable bonds is 3. The highest BCUT2D eigenvalue weighted by Gasteiger charge is 2.37. The summed E-state index contributed by atoms with van der Waals surface area (Å²) in [5.74, 6) is 0.907. The number of ether oxygens (including phenoxy) is 1. The van der Waals surface area contributed by atoms with Crippen LogP contribution in [0.1, 0.15) is 22.3 Å². The monoisotopic (exact) mass is 448 g/mol. The molecule has 2 aliphatic rings. The van der Waals surface area contributed by atoms with Crippen molar-refractivity contribution in [2.24, 2.45) is 0 Å². The lowest BCUT2D eigenvalue weighted by Crippen LogP contribution is -2.34. The van der Waals surface area contributed by atoms with Crippen molar-refractivity contribution >= 4 is 46.4 Å². The van der Waals surface area contributed by atoms with Gasteiger partial charge in [-0.1, -0.05) is 102 Å². The molecule has 0 fully saturated rings. The minimum atomic E-state index is -0.641. The molecule has 0 bridgehead atoms. The van der Waals surface area contributed by atoms with E-state index < -0.39 is 5.60 Å². The molecule has 0 N–H and O–H groups in total. The molecule has 0 aromatic heterocycles. The third-order valence-electron chi connectivity index (χ3n) is 5.91. The predicted molar refractivity (Wildman–Crippen MR) is 140 cm³/mol. The number of benzene rings is 4. The Labute approximate surface area is 196 Å². The highest BCUT2D eigenvalue weighted by Crippen LogP contribution is 2.44. The SMILES string of the molecule is C1=CSC(=Cc2ccc3c4c(ccc3c2)OC(c2ccccc2)(c2ccccc2)C=C4)S1. The second kappa shape index (κ2) is 8.09. The molecule has 154 valence electrons. The summed E-state index contributed by atoms with van der Waals surface area (Å²) >= 11 is 3.55. The molecule has 6 rings (SSSR count). The number of hydrogen-bond donors (Lipinski definition) is 0.